The second-order valence-electron chi connectivity index (χ2n) is 6.36. The van der Waals surface area contributed by atoms with E-state index in [2.05, 4.69) is 4.72 Å². The summed E-state index contributed by atoms with van der Waals surface area (Å²) in [6, 6.07) is 4.64. The van der Waals surface area contributed by atoms with E-state index in [-0.39, 0.29) is 23.9 Å². The first kappa shape index (κ1) is 19.3. The molecule has 136 valence electrons. The Morgan fingerprint density at radius 3 is 2.46 bits per heavy atom. The zero-order chi connectivity index (χ0) is 18.1. The van der Waals surface area contributed by atoms with Gasteiger partial charge in [0.1, 0.15) is 0 Å². The zero-order valence-corrected chi connectivity index (χ0v) is 15.9. The maximum atomic E-state index is 12.7. The number of hydrogen-bond acceptors (Lipinski definition) is 5. The van der Waals surface area contributed by atoms with E-state index in [0.29, 0.717) is 5.56 Å². The molecule has 1 aliphatic heterocycles. The summed E-state index contributed by atoms with van der Waals surface area (Å²) in [4.78, 5) is 0.212. The summed E-state index contributed by atoms with van der Waals surface area (Å²) in [7, 11) is -4.26. The molecule has 1 aromatic carbocycles. The molecule has 9 heteroatoms. The molecular weight excluding hydrogens is 352 g/mol. The van der Waals surface area contributed by atoms with Crippen LogP contribution in [0.2, 0.25) is 0 Å². The van der Waals surface area contributed by atoms with Gasteiger partial charge in [-0.05, 0) is 31.0 Å². The van der Waals surface area contributed by atoms with E-state index >= 15 is 0 Å². The lowest BCUT2D eigenvalue weighted by Crippen LogP contribution is -2.43. The van der Waals surface area contributed by atoms with Crippen LogP contribution in [0.4, 0.5) is 0 Å². The molecule has 2 rings (SSSR count). The third-order valence-corrected chi connectivity index (χ3v) is 7.71. The van der Waals surface area contributed by atoms with Crippen molar-refractivity contribution >= 4 is 20.0 Å². The van der Waals surface area contributed by atoms with Gasteiger partial charge in [0.2, 0.25) is 20.0 Å². The summed E-state index contributed by atoms with van der Waals surface area (Å²) in [5.74, 6) is -0.572. The van der Waals surface area contributed by atoms with Crippen molar-refractivity contribution < 1.29 is 21.6 Å². The quantitative estimate of drug-likeness (QED) is 0.780. The van der Waals surface area contributed by atoms with Crippen LogP contribution in [0.15, 0.2) is 23.1 Å². The summed E-state index contributed by atoms with van der Waals surface area (Å²) < 4.78 is 58.6. The Hall–Kier alpha value is -1.00. The fourth-order valence-electron chi connectivity index (χ4n) is 2.57. The van der Waals surface area contributed by atoms with Gasteiger partial charge < -0.3 is 4.74 Å². The van der Waals surface area contributed by atoms with Crippen LogP contribution in [0.1, 0.15) is 11.1 Å². The Kier molecular flexibility index (Phi) is 5.71. The first-order chi connectivity index (χ1) is 11.0. The van der Waals surface area contributed by atoms with Crippen LogP contribution in [-0.2, 0) is 24.8 Å². The van der Waals surface area contributed by atoms with Crippen molar-refractivity contribution in [3.8, 4) is 0 Å². The molecule has 0 aliphatic carbocycles. The summed E-state index contributed by atoms with van der Waals surface area (Å²) in [6.07, 6.45) is 0. The monoisotopic (exact) mass is 376 g/mol. The van der Waals surface area contributed by atoms with E-state index in [1.165, 1.54) is 14.1 Å². The molecule has 1 aromatic rings. The molecule has 1 aliphatic rings. The van der Waals surface area contributed by atoms with Gasteiger partial charge in [0.05, 0.1) is 29.9 Å². The van der Waals surface area contributed by atoms with Crippen molar-refractivity contribution in [2.75, 3.05) is 33.1 Å². The van der Waals surface area contributed by atoms with Crippen LogP contribution in [0, 0.1) is 19.8 Å². The minimum atomic E-state index is -3.74. The molecule has 0 spiro atoms. The molecule has 0 bridgehead atoms. The van der Waals surface area contributed by atoms with Crippen molar-refractivity contribution in [2.24, 2.45) is 5.92 Å². The molecule has 0 radical (unpaired) electrons. The van der Waals surface area contributed by atoms with Crippen molar-refractivity contribution in [2.45, 2.75) is 24.8 Å². The first-order valence-corrected chi connectivity index (χ1v) is 10.7. The minimum absolute atomic E-state index is 0.153. The van der Waals surface area contributed by atoms with Crippen LogP contribution in [0.25, 0.3) is 0 Å². The summed E-state index contributed by atoms with van der Waals surface area (Å²) in [5.41, 5.74) is 1.49. The maximum absolute atomic E-state index is 12.7. The number of nitrogens with zero attached hydrogens (tertiary/aromatic N) is 1. The highest BCUT2D eigenvalue weighted by atomic mass is 32.2. The molecule has 2 atom stereocenters. The number of rotatable bonds is 6. The highest BCUT2D eigenvalue weighted by Gasteiger charge is 2.36. The normalized spacial score (nSPS) is 22.2. The van der Waals surface area contributed by atoms with E-state index < -0.39 is 32.0 Å². The number of nitrogens with one attached hydrogen (secondary N) is 1. The zero-order valence-electron chi connectivity index (χ0n) is 14.3. The Morgan fingerprint density at radius 2 is 1.83 bits per heavy atom. The van der Waals surface area contributed by atoms with Gasteiger partial charge in [-0.3, -0.25) is 0 Å². The lowest BCUT2D eigenvalue weighted by molar-refractivity contribution is 0.185. The number of benzene rings is 1. The molecule has 0 unspecified atom stereocenters. The molecule has 24 heavy (non-hydrogen) atoms. The largest absolute Gasteiger partial charge is 0.379 e. The predicted molar refractivity (Wildman–Crippen MR) is 91.8 cm³/mol. The highest BCUT2D eigenvalue weighted by molar-refractivity contribution is 7.89. The molecule has 0 saturated carbocycles. The SMILES string of the molecule is Cc1ccc(C)c(S(=O)(=O)N[C@@H]2COC[C@H]2CS(=O)(=O)N(C)C)c1. The van der Waals surface area contributed by atoms with Gasteiger partial charge in [-0.1, -0.05) is 12.1 Å². The van der Waals surface area contributed by atoms with E-state index in [4.69, 9.17) is 4.74 Å². The Morgan fingerprint density at radius 1 is 1.17 bits per heavy atom. The van der Waals surface area contributed by atoms with Gasteiger partial charge in [-0.2, -0.15) is 0 Å². The van der Waals surface area contributed by atoms with Crippen molar-refractivity contribution in [3.05, 3.63) is 29.3 Å². The molecule has 0 amide bonds. The Balaban J connectivity index is 2.21. The highest BCUT2D eigenvalue weighted by Crippen LogP contribution is 2.22. The summed E-state index contributed by atoms with van der Waals surface area (Å²) in [5, 5.41) is 0. The molecule has 1 fully saturated rings. The lowest BCUT2D eigenvalue weighted by Gasteiger charge is -2.21. The Bertz CT molecular complexity index is 803. The first-order valence-electron chi connectivity index (χ1n) is 7.60. The Labute approximate surface area is 144 Å². The van der Waals surface area contributed by atoms with E-state index in [0.717, 1.165) is 9.87 Å². The topological polar surface area (TPSA) is 92.8 Å². The van der Waals surface area contributed by atoms with Crippen molar-refractivity contribution in [1.29, 1.82) is 0 Å². The lowest BCUT2D eigenvalue weighted by atomic mass is 10.1. The average Bonchev–Trinajstić information content (AvgIpc) is 2.87. The van der Waals surface area contributed by atoms with Gasteiger partial charge in [-0.25, -0.2) is 25.9 Å². The minimum Gasteiger partial charge on any atom is -0.379 e. The number of aryl methyl sites for hydroxylation is 2. The molecule has 1 saturated heterocycles. The molecule has 0 aromatic heterocycles. The molecular formula is C15H24N2O5S2. The van der Waals surface area contributed by atoms with Crippen LogP contribution in [0.5, 0.6) is 0 Å². The number of sulfonamides is 2. The van der Waals surface area contributed by atoms with E-state index in [9.17, 15) is 16.8 Å². The van der Waals surface area contributed by atoms with Gasteiger partial charge in [0.25, 0.3) is 0 Å². The average molecular weight is 377 g/mol. The summed E-state index contributed by atoms with van der Waals surface area (Å²) in [6.45, 7) is 3.93. The smallest absolute Gasteiger partial charge is 0.241 e. The van der Waals surface area contributed by atoms with Crippen LogP contribution in [-0.4, -0.2) is 60.2 Å². The van der Waals surface area contributed by atoms with Crippen LogP contribution < -0.4 is 4.72 Å². The molecule has 7 nitrogen and oxygen atoms in total. The molecule has 1 N–H and O–H groups in total. The van der Waals surface area contributed by atoms with Gasteiger partial charge in [0, 0.05) is 20.0 Å². The maximum Gasteiger partial charge on any atom is 0.241 e. The van der Waals surface area contributed by atoms with Crippen LogP contribution in [0.3, 0.4) is 0 Å². The third-order valence-electron chi connectivity index (χ3n) is 4.12. The van der Waals surface area contributed by atoms with Gasteiger partial charge >= 0.3 is 0 Å². The number of hydrogen-bond donors (Lipinski definition) is 1. The summed E-state index contributed by atoms with van der Waals surface area (Å²) >= 11 is 0. The second-order valence-corrected chi connectivity index (χ2v) is 10.3. The predicted octanol–water partition coefficient (Wildman–Crippen LogP) is 0.488. The standard InChI is InChI=1S/C15H24N2O5S2/c1-11-5-6-12(2)15(7-11)24(20,21)16-14-9-22-8-13(14)10-23(18,19)17(3)4/h5-7,13-14,16H,8-10H2,1-4H3/t13-,14+/m0/s1. The van der Waals surface area contributed by atoms with Crippen molar-refractivity contribution in [3.63, 3.8) is 0 Å². The fourth-order valence-corrected chi connectivity index (χ4v) is 5.36. The third kappa shape index (κ3) is 4.34. The van der Waals surface area contributed by atoms with E-state index in [1.54, 1.807) is 19.1 Å². The van der Waals surface area contributed by atoms with Crippen LogP contribution >= 0.6 is 0 Å². The fraction of sp³-hybridized carbons (Fsp3) is 0.600. The van der Waals surface area contributed by atoms with Gasteiger partial charge in [-0.15, -0.1) is 0 Å². The molecule has 1 heterocycles. The van der Waals surface area contributed by atoms with Gasteiger partial charge in [0.15, 0.2) is 0 Å². The number of ether oxygens (including phenoxy) is 1. The second kappa shape index (κ2) is 7.09. The van der Waals surface area contributed by atoms with Crippen molar-refractivity contribution in [1.82, 2.24) is 9.03 Å². The van der Waals surface area contributed by atoms with E-state index in [1.807, 2.05) is 13.0 Å².